The van der Waals surface area contributed by atoms with Gasteiger partial charge in [-0.15, -0.1) is 0 Å². The molecule has 8 heteroatoms. The molecule has 0 saturated heterocycles. The van der Waals surface area contributed by atoms with Crippen LogP contribution in [0.5, 0.6) is 0 Å². The Labute approximate surface area is 137 Å². The lowest BCUT2D eigenvalue weighted by atomic mass is 9.95. The van der Waals surface area contributed by atoms with Crippen molar-refractivity contribution in [3.63, 3.8) is 0 Å². The number of nitrogens with one attached hydrogen (secondary N) is 2. The smallest absolute Gasteiger partial charge is 0.315 e. The molecule has 0 spiro atoms. The van der Waals surface area contributed by atoms with Gasteiger partial charge in [-0.3, -0.25) is 0 Å². The van der Waals surface area contributed by atoms with Gasteiger partial charge in [-0.25, -0.2) is 18.6 Å². The third kappa shape index (κ3) is 4.29. The van der Waals surface area contributed by atoms with Crippen LogP contribution < -0.4 is 10.6 Å². The molecule has 1 atom stereocenters. The molecule has 3 N–H and O–H groups in total. The van der Waals surface area contributed by atoms with E-state index in [1.807, 2.05) is 0 Å². The fraction of sp³-hybridized carbons (Fsp3) is 0.375. The van der Waals surface area contributed by atoms with Gasteiger partial charge in [0.15, 0.2) is 0 Å². The Balaban J connectivity index is 1.90. The molecule has 24 heavy (non-hydrogen) atoms. The van der Waals surface area contributed by atoms with Gasteiger partial charge < -0.3 is 20.2 Å². The fourth-order valence-electron chi connectivity index (χ4n) is 2.11. The third-order valence-corrected chi connectivity index (χ3v) is 3.58. The van der Waals surface area contributed by atoms with Crippen molar-refractivity contribution < 1.29 is 23.1 Å². The minimum Gasteiger partial charge on any atom is -0.444 e. The first-order chi connectivity index (χ1) is 11.2. The van der Waals surface area contributed by atoms with Crippen LogP contribution in [0.4, 0.5) is 13.6 Å². The second kappa shape index (κ2) is 6.96. The van der Waals surface area contributed by atoms with Crippen molar-refractivity contribution in [1.29, 1.82) is 0 Å². The number of aromatic nitrogens is 1. The Hall–Kier alpha value is -2.48. The number of benzene rings is 1. The van der Waals surface area contributed by atoms with Crippen LogP contribution in [0.2, 0.25) is 0 Å². The summed E-state index contributed by atoms with van der Waals surface area (Å²) in [4.78, 5) is 15.9. The SMILES string of the molecule is Cc1nc(CNC(=O)NCC(C)(O)c2ccc(F)cc2F)oc1C. The number of hydrogen-bond donors (Lipinski definition) is 3. The van der Waals surface area contributed by atoms with E-state index in [9.17, 15) is 18.7 Å². The monoisotopic (exact) mass is 339 g/mol. The quantitative estimate of drug-likeness (QED) is 0.780. The third-order valence-electron chi connectivity index (χ3n) is 3.58. The molecule has 0 aliphatic carbocycles. The summed E-state index contributed by atoms with van der Waals surface area (Å²) in [6, 6.07) is 2.28. The molecule has 0 bridgehead atoms. The number of aliphatic hydroxyl groups is 1. The Bertz CT molecular complexity index is 725. The molecule has 2 aromatic rings. The molecular weight excluding hydrogens is 320 g/mol. The Morgan fingerprint density at radius 1 is 1.33 bits per heavy atom. The van der Waals surface area contributed by atoms with E-state index in [2.05, 4.69) is 15.6 Å². The molecule has 0 radical (unpaired) electrons. The highest BCUT2D eigenvalue weighted by Crippen LogP contribution is 2.23. The zero-order chi connectivity index (χ0) is 17.9. The number of rotatable bonds is 5. The first-order valence-corrected chi connectivity index (χ1v) is 7.31. The number of carbonyl (C=O) groups excluding carboxylic acids is 1. The number of aryl methyl sites for hydroxylation is 2. The predicted molar refractivity (Wildman–Crippen MR) is 82.1 cm³/mol. The summed E-state index contributed by atoms with van der Waals surface area (Å²) in [5.41, 5.74) is -1.06. The summed E-state index contributed by atoms with van der Waals surface area (Å²) in [7, 11) is 0. The zero-order valence-electron chi connectivity index (χ0n) is 13.6. The molecule has 1 aromatic carbocycles. The minimum atomic E-state index is -1.69. The Morgan fingerprint density at radius 2 is 2.04 bits per heavy atom. The Kier molecular flexibility index (Phi) is 5.18. The van der Waals surface area contributed by atoms with Crippen LogP contribution in [-0.2, 0) is 12.1 Å². The van der Waals surface area contributed by atoms with E-state index in [4.69, 9.17) is 4.42 Å². The summed E-state index contributed by atoms with van der Waals surface area (Å²) in [6.07, 6.45) is 0. The van der Waals surface area contributed by atoms with Gasteiger partial charge in [0.25, 0.3) is 0 Å². The molecule has 0 aliphatic heterocycles. The highest BCUT2D eigenvalue weighted by molar-refractivity contribution is 5.73. The number of carbonyl (C=O) groups is 1. The van der Waals surface area contributed by atoms with Crippen molar-refractivity contribution in [3.05, 3.63) is 52.7 Å². The number of nitrogens with zero attached hydrogens (tertiary/aromatic N) is 1. The van der Waals surface area contributed by atoms with Gasteiger partial charge >= 0.3 is 6.03 Å². The second-order valence-electron chi connectivity index (χ2n) is 5.68. The molecule has 0 fully saturated rings. The van der Waals surface area contributed by atoms with E-state index in [0.29, 0.717) is 17.7 Å². The summed E-state index contributed by atoms with van der Waals surface area (Å²) >= 11 is 0. The van der Waals surface area contributed by atoms with Gasteiger partial charge in [-0.2, -0.15) is 0 Å². The van der Waals surface area contributed by atoms with E-state index in [0.717, 1.165) is 17.8 Å². The first-order valence-electron chi connectivity index (χ1n) is 7.31. The summed E-state index contributed by atoms with van der Waals surface area (Å²) in [5.74, 6) is -0.597. The predicted octanol–water partition coefficient (Wildman–Crippen LogP) is 2.28. The summed E-state index contributed by atoms with van der Waals surface area (Å²) in [6.45, 7) is 4.69. The topological polar surface area (TPSA) is 87.4 Å². The van der Waals surface area contributed by atoms with Crippen LogP contribution in [0.3, 0.4) is 0 Å². The average molecular weight is 339 g/mol. The average Bonchev–Trinajstić information content (AvgIpc) is 2.81. The molecule has 2 rings (SSSR count). The van der Waals surface area contributed by atoms with Crippen molar-refractivity contribution in [3.8, 4) is 0 Å². The number of urea groups is 1. The van der Waals surface area contributed by atoms with Gasteiger partial charge in [0.05, 0.1) is 18.8 Å². The van der Waals surface area contributed by atoms with Crippen molar-refractivity contribution in [2.45, 2.75) is 32.9 Å². The molecule has 1 unspecified atom stereocenters. The van der Waals surface area contributed by atoms with Crippen molar-refractivity contribution in [1.82, 2.24) is 15.6 Å². The molecular formula is C16H19F2N3O3. The second-order valence-corrected chi connectivity index (χ2v) is 5.68. The van der Waals surface area contributed by atoms with Crippen molar-refractivity contribution in [2.24, 2.45) is 0 Å². The van der Waals surface area contributed by atoms with E-state index in [-0.39, 0.29) is 18.7 Å². The lowest BCUT2D eigenvalue weighted by Crippen LogP contribution is -2.43. The maximum atomic E-state index is 13.7. The summed E-state index contributed by atoms with van der Waals surface area (Å²) in [5, 5.41) is 15.2. The Morgan fingerprint density at radius 3 is 2.62 bits per heavy atom. The number of amides is 2. The lowest BCUT2D eigenvalue weighted by Gasteiger charge is -2.24. The van der Waals surface area contributed by atoms with E-state index in [1.54, 1.807) is 13.8 Å². The van der Waals surface area contributed by atoms with Crippen LogP contribution in [0, 0.1) is 25.5 Å². The van der Waals surface area contributed by atoms with Crippen LogP contribution in [0.25, 0.3) is 0 Å². The fourth-order valence-corrected chi connectivity index (χ4v) is 2.11. The molecule has 0 aliphatic rings. The van der Waals surface area contributed by atoms with Gasteiger partial charge in [0.1, 0.15) is 23.0 Å². The lowest BCUT2D eigenvalue weighted by molar-refractivity contribution is 0.0555. The maximum absolute atomic E-state index is 13.7. The standard InChI is InChI=1S/C16H19F2N3O3/c1-9-10(2)24-14(21-9)7-19-15(22)20-8-16(3,23)12-5-4-11(17)6-13(12)18/h4-6,23H,7-8H2,1-3H3,(H2,19,20,22). The maximum Gasteiger partial charge on any atom is 0.315 e. The van der Waals surface area contributed by atoms with Gasteiger partial charge in [-0.05, 0) is 26.8 Å². The molecule has 0 saturated carbocycles. The molecule has 1 heterocycles. The van der Waals surface area contributed by atoms with Crippen LogP contribution in [0.1, 0.15) is 29.8 Å². The van der Waals surface area contributed by atoms with Crippen LogP contribution >= 0.6 is 0 Å². The van der Waals surface area contributed by atoms with Gasteiger partial charge in [0.2, 0.25) is 5.89 Å². The molecule has 6 nitrogen and oxygen atoms in total. The molecule has 2 amide bonds. The van der Waals surface area contributed by atoms with E-state index in [1.165, 1.54) is 6.92 Å². The zero-order valence-corrected chi connectivity index (χ0v) is 13.6. The van der Waals surface area contributed by atoms with Crippen LogP contribution in [0.15, 0.2) is 22.6 Å². The highest BCUT2D eigenvalue weighted by Gasteiger charge is 2.27. The number of oxazole rings is 1. The first kappa shape index (κ1) is 17.9. The normalized spacial score (nSPS) is 13.4. The van der Waals surface area contributed by atoms with Gasteiger partial charge in [-0.1, -0.05) is 6.07 Å². The summed E-state index contributed by atoms with van der Waals surface area (Å²) < 4.78 is 32.0. The van der Waals surface area contributed by atoms with Crippen LogP contribution in [-0.4, -0.2) is 22.7 Å². The van der Waals surface area contributed by atoms with E-state index < -0.39 is 23.3 Å². The number of hydrogen-bond acceptors (Lipinski definition) is 4. The highest BCUT2D eigenvalue weighted by atomic mass is 19.1. The van der Waals surface area contributed by atoms with Gasteiger partial charge in [0, 0.05) is 11.6 Å². The minimum absolute atomic E-state index is 0.0769. The van der Waals surface area contributed by atoms with Crippen molar-refractivity contribution >= 4 is 6.03 Å². The largest absolute Gasteiger partial charge is 0.444 e. The van der Waals surface area contributed by atoms with E-state index >= 15 is 0 Å². The molecule has 130 valence electrons. The number of halogens is 2. The van der Waals surface area contributed by atoms with Crippen molar-refractivity contribution in [2.75, 3.05) is 6.54 Å². The molecule has 1 aromatic heterocycles.